The molecule has 2 N–H and O–H groups in total. The molecule has 0 fully saturated rings. The Bertz CT molecular complexity index is 609. The minimum atomic E-state index is -0.555. The number of aromatic nitrogens is 3. The van der Waals surface area contributed by atoms with Gasteiger partial charge in [0, 0.05) is 6.54 Å². The molecule has 0 aromatic carbocycles. The molecule has 0 spiro atoms. The van der Waals surface area contributed by atoms with Crippen molar-refractivity contribution in [1.29, 1.82) is 0 Å². The van der Waals surface area contributed by atoms with Gasteiger partial charge in [0.2, 0.25) is 5.88 Å². The maximum atomic E-state index is 11.7. The molecule has 2 aromatic rings. The number of carbonyl (C=O) groups excluding carboxylic acids is 1. The van der Waals surface area contributed by atoms with Crippen LogP contribution in [0.15, 0.2) is 24.7 Å². The summed E-state index contributed by atoms with van der Waals surface area (Å²) in [4.78, 5) is 15.7. The molecule has 0 amide bonds. The molecule has 0 radical (unpaired) electrons. The van der Waals surface area contributed by atoms with E-state index >= 15 is 0 Å². The van der Waals surface area contributed by atoms with E-state index in [0.717, 1.165) is 13.0 Å². The van der Waals surface area contributed by atoms with Crippen molar-refractivity contribution >= 4 is 11.7 Å². The molecule has 7 nitrogen and oxygen atoms in total. The summed E-state index contributed by atoms with van der Waals surface area (Å²) < 4.78 is 12.0. The highest BCUT2D eigenvalue weighted by Crippen LogP contribution is 2.24. The number of hydrogen-bond donors (Lipinski definition) is 1. The van der Waals surface area contributed by atoms with E-state index in [1.807, 2.05) is 0 Å². The van der Waals surface area contributed by atoms with Gasteiger partial charge in [-0.3, -0.25) is 4.68 Å². The van der Waals surface area contributed by atoms with E-state index in [2.05, 4.69) is 21.7 Å². The fraction of sp³-hybridized carbons (Fsp3) is 0.308. The maximum Gasteiger partial charge on any atom is 0.343 e. The number of hydrogen-bond acceptors (Lipinski definition) is 6. The number of nitrogens with zero attached hydrogens (tertiary/aromatic N) is 3. The first-order chi connectivity index (χ1) is 9.63. The fourth-order valence-electron chi connectivity index (χ4n) is 1.67. The lowest BCUT2D eigenvalue weighted by molar-refractivity contribution is 0.0597. The summed E-state index contributed by atoms with van der Waals surface area (Å²) in [5.74, 6) is 0.0868. The van der Waals surface area contributed by atoms with E-state index in [-0.39, 0.29) is 11.4 Å². The Hall–Kier alpha value is -2.57. The SMILES string of the molecule is CCCn1cc(Oc2ncc(N)cc2C(=O)OC)cn1. The lowest BCUT2D eigenvalue weighted by Gasteiger charge is -2.07. The zero-order valence-corrected chi connectivity index (χ0v) is 11.4. The molecule has 0 bridgehead atoms. The molecule has 0 atom stereocenters. The normalized spacial score (nSPS) is 10.3. The fourth-order valence-corrected chi connectivity index (χ4v) is 1.67. The van der Waals surface area contributed by atoms with Gasteiger partial charge < -0.3 is 15.2 Å². The van der Waals surface area contributed by atoms with E-state index in [1.165, 1.54) is 19.4 Å². The Balaban J connectivity index is 2.25. The van der Waals surface area contributed by atoms with Crippen LogP contribution in [0.5, 0.6) is 11.6 Å². The second-order valence-corrected chi connectivity index (χ2v) is 4.15. The van der Waals surface area contributed by atoms with Gasteiger partial charge in [0.1, 0.15) is 5.56 Å². The van der Waals surface area contributed by atoms with Crippen molar-refractivity contribution < 1.29 is 14.3 Å². The predicted octanol–water partition coefficient (Wildman–Crippen LogP) is 1.85. The zero-order chi connectivity index (χ0) is 14.5. The van der Waals surface area contributed by atoms with Crippen LogP contribution < -0.4 is 10.5 Å². The Kier molecular flexibility index (Phi) is 4.19. The molecule has 106 valence electrons. The van der Waals surface area contributed by atoms with E-state index in [4.69, 9.17) is 10.5 Å². The number of nitrogen functional groups attached to an aromatic ring is 1. The first-order valence-electron chi connectivity index (χ1n) is 6.18. The molecule has 0 saturated carbocycles. The average molecular weight is 276 g/mol. The Morgan fingerprint density at radius 1 is 1.45 bits per heavy atom. The van der Waals surface area contributed by atoms with Gasteiger partial charge in [-0.1, -0.05) is 6.92 Å². The van der Waals surface area contributed by atoms with Crippen LogP contribution in [-0.4, -0.2) is 27.8 Å². The molecular formula is C13H16N4O3. The van der Waals surface area contributed by atoms with Crippen LogP contribution in [-0.2, 0) is 11.3 Å². The van der Waals surface area contributed by atoms with Crippen LogP contribution in [0.25, 0.3) is 0 Å². The minimum absolute atomic E-state index is 0.141. The van der Waals surface area contributed by atoms with Gasteiger partial charge in [0.05, 0.1) is 31.4 Å². The van der Waals surface area contributed by atoms with Crippen molar-refractivity contribution in [3.05, 3.63) is 30.2 Å². The van der Waals surface area contributed by atoms with Gasteiger partial charge in [0.15, 0.2) is 5.75 Å². The second-order valence-electron chi connectivity index (χ2n) is 4.15. The molecule has 0 unspecified atom stereocenters. The van der Waals surface area contributed by atoms with Gasteiger partial charge in [-0.25, -0.2) is 9.78 Å². The second kappa shape index (κ2) is 6.05. The number of ether oxygens (including phenoxy) is 2. The topological polar surface area (TPSA) is 92.3 Å². The van der Waals surface area contributed by atoms with Crippen molar-refractivity contribution in [2.45, 2.75) is 19.9 Å². The molecule has 0 aliphatic heterocycles. The van der Waals surface area contributed by atoms with Crippen LogP contribution in [0.3, 0.4) is 0 Å². The standard InChI is InChI=1S/C13H16N4O3/c1-3-4-17-8-10(7-16-17)20-12-11(13(18)19-2)5-9(14)6-15-12/h5-8H,3-4,14H2,1-2H3. The number of rotatable bonds is 5. The average Bonchev–Trinajstić information content (AvgIpc) is 2.88. The summed E-state index contributed by atoms with van der Waals surface area (Å²) in [6, 6.07) is 1.46. The molecule has 20 heavy (non-hydrogen) atoms. The van der Waals surface area contributed by atoms with E-state index < -0.39 is 5.97 Å². The lowest BCUT2D eigenvalue weighted by atomic mass is 10.2. The summed E-state index contributed by atoms with van der Waals surface area (Å²) >= 11 is 0. The van der Waals surface area contributed by atoms with Crippen molar-refractivity contribution in [3.63, 3.8) is 0 Å². The van der Waals surface area contributed by atoms with E-state index in [0.29, 0.717) is 11.4 Å². The summed E-state index contributed by atoms with van der Waals surface area (Å²) in [7, 11) is 1.29. The van der Waals surface area contributed by atoms with Gasteiger partial charge in [-0.2, -0.15) is 5.10 Å². The molecule has 0 aliphatic rings. The number of methoxy groups -OCH3 is 1. The molecular weight excluding hydrogens is 260 g/mol. The van der Waals surface area contributed by atoms with Crippen molar-refractivity contribution in [2.24, 2.45) is 0 Å². The van der Waals surface area contributed by atoms with Gasteiger partial charge in [-0.15, -0.1) is 0 Å². The quantitative estimate of drug-likeness (QED) is 0.838. The number of anilines is 1. The first kappa shape index (κ1) is 13.9. The molecule has 7 heteroatoms. The predicted molar refractivity (Wildman–Crippen MR) is 72.6 cm³/mol. The summed E-state index contributed by atoms with van der Waals surface area (Å²) in [5.41, 5.74) is 6.15. The summed E-state index contributed by atoms with van der Waals surface area (Å²) in [5, 5.41) is 4.14. The highest BCUT2D eigenvalue weighted by Gasteiger charge is 2.16. The van der Waals surface area contributed by atoms with Crippen molar-refractivity contribution in [1.82, 2.24) is 14.8 Å². The largest absolute Gasteiger partial charge is 0.465 e. The van der Waals surface area contributed by atoms with Gasteiger partial charge in [-0.05, 0) is 12.5 Å². The molecule has 2 heterocycles. The zero-order valence-electron chi connectivity index (χ0n) is 11.4. The van der Waals surface area contributed by atoms with Crippen LogP contribution in [0.1, 0.15) is 23.7 Å². The Morgan fingerprint density at radius 2 is 2.25 bits per heavy atom. The van der Waals surface area contributed by atoms with E-state index in [9.17, 15) is 4.79 Å². The van der Waals surface area contributed by atoms with E-state index in [1.54, 1.807) is 17.1 Å². The number of nitrogens with two attached hydrogens (primary N) is 1. The number of esters is 1. The van der Waals surface area contributed by atoms with Crippen LogP contribution >= 0.6 is 0 Å². The monoisotopic (exact) mass is 276 g/mol. The number of carbonyl (C=O) groups is 1. The smallest absolute Gasteiger partial charge is 0.343 e. The summed E-state index contributed by atoms with van der Waals surface area (Å²) in [6.07, 6.45) is 5.68. The Labute approximate surface area is 116 Å². The van der Waals surface area contributed by atoms with Gasteiger partial charge >= 0.3 is 5.97 Å². The van der Waals surface area contributed by atoms with Crippen LogP contribution in [0, 0.1) is 0 Å². The first-order valence-corrected chi connectivity index (χ1v) is 6.18. The molecule has 2 aromatic heterocycles. The molecule has 0 aliphatic carbocycles. The number of pyridine rings is 1. The van der Waals surface area contributed by atoms with Crippen LogP contribution in [0.4, 0.5) is 5.69 Å². The third-order valence-electron chi connectivity index (χ3n) is 2.55. The molecule has 0 saturated heterocycles. The van der Waals surface area contributed by atoms with Crippen molar-refractivity contribution in [2.75, 3.05) is 12.8 Å². The van der Waals surface area contributed by atoms with Crippen LogP contribution in [0.2, 0.25) is 0 Å². The van der Waals surface area contributed by atoms with Gasteiger partial charge in [0.25, 0.3) is 0 Å². The van der Waals surface area contributed by atoms with Crippen molar-refractivity contribution in [3.8, 4) is 11.6 Å². The number of aryl methyl sites for hydroxylation is 1. The third kappa shape index (κ3) is 3.05. The minimum Gasteiger partial charge on any atom is -0.465 e. The maximum absolute atomic E-state index is 11.7. The highest BCUT2D eigenvalue weighted by atomic mass is 16.5. The highest BCUT2D eigenvalue weighted by molar-refractivity contribution is 5.92. The Morgan fingerprint density at radius 3 is 2.95 bits per heavy atom. The lowest BCUT2D eigenvalue weighted by Crippen LogP contribution is -2.06. The molecule has 2 rings (SSSR count). The third-order valence-corrected chi connectivity index (χ3v) is 2.55. The summed E-state index contributed by atoms with van der Waals surface area (Å²) in [6.45, 7) is 2.85.